The van der Waals surface area contributed by atoms with Crippen molar-refractivity contribution in [3.05, 3.63) is 52.5 Å². The number of rotatable bonds is 7. The Labute approximate surface area is 158 Å². The Hall–Kier alpha value is -2.53. The largest absolute Gasteiger partial charge is 0.483 e. The van der Waals surface area contributed by atoms with E-state index < -0.39 is 0 Å². The van der Waals surface area contributed by atoms with E-state index in [9.17, 15) is 9.59 Å². The molecule has 2 N–H and O–H groups in total. The summed E-state index contributed by atoms with van der Waals surface area (Å²) in [4.78, 5) is 23.9. The average Bonchev–Trinajstić information content (AvgIpc) is 2.59. The molecule has 0 fully saturated rings. The van der Waals surface area contributed by atoms with Crippen LogP contribution in [-0.4, -0.2) is 18.4 Å². The number of halogens is 1. The number of hydrogen-bond acceptors (Lipinski definition) is 3. The molecule has 0 heterocycles. The van der Waals surface area contributed by atoms with Crippen molar-refractivity contribution in [3.8, 4) is 5.75 Å². The third-order valence-electron chi connectivity index (χ3n) is 3.70. The number of ether oxygens (including phenoxy) is 1. The minimum absolute atomic E-state index is 0.0784. The number of carbonyl (C=O) groups excluding carboxylic acids is 2. The van der Waals surface area contributed by atoms with Crippen molar-refractivity contribution < 1.29 is 14.3 Å². The Kier molecular flexibility index (Phi) is 7.04. The van der Waals surface area contributed by atoms with Gasteiger partial charge in [0.2, 0.25) is 5.91 Å². The van der Waals surface area contributed by atoms with Crippen LogP contribution in [0.1, 0.15) is 30.9 Å². The first kappa shape index (κ1) is 19.8. The highest BCUT2D eigenvalue weighted by Gasteiger charge is 2.10. The van der Waals surface area contributed by atoms with Gasteiger partial charge in [-0.2, -0.15) is 0 Å². The van der Waals surface area contributed by atoms with Gasteiger partial charge in [0.25, 0.3) is 5.91 Å². The molecule has 0 saturated heterocycles. The number of aryl methyl sites for hydroxylation is 2. The molecule has 0 radical (unpaired) electrons. The lowest BCUT2D eigenvalue weighted by atomic mass is 10.1. The SMILES string of the molecule is CCCC(=O)Nc1ccc(Cl)c(NC(=O)COc2cc(C)ccc2C)c1. The molecule has 2 rings (SSSR count). The lowest BCUT2D eigenvalue weighted by Crippen LogP contribution is -2.21. The van der Waals surface area contributed by atoms with Crippen molar-refractivity contribution >= 4 is 34.8 Å². The Morgan fingerprint density at radius 2 is 1.81 bits per heavy atom. The van der Waals surface area contributed by atoms with Gasteiger partial charge >= 0.3 is 0 Å². The highest BCUT2D eigenvalue weighted by molar-refractivity contribution is 6.33. The summed E-state index contributed by atoms with van der Waals surface area (Å²) in [6.45, 7) is 5.69. The van der Waals surface area contributed by atoms with Crippen LogP contribution in [0.15, 0.2) is 36.4 Å². The monoisotopic (exact) mass is 374 g/mol. The molecule has 138 valence electrons. The van der Waals surface area contributed by atoms with Crippen LogP contribution >= 0.6 is 11.6 Å². The first-order valence-corrected chi connectivity index (χ1v) is 8.86. The fourth-order valence-electron chi connectivity index (χ4n) is 2.34. The molecule has 0 aliphatic rings. The molecule has 2 amide bonds. The van der Waals surface area contributed by atoms with E-state index in [-0.39, 0.29) is 18.4 Å². The van der Waals surface area contributed by atoms with Crippen molar-refractivity contribution in [2.75, 3.05) is 17.2 Å². The van der Waals surface area contributed by atoms with E-state index in [1.165, 1.54) is 0 Å². The molecule has 0 aliphatic carbocycles. The number of carbonyl (C=O) groups is 2. The molecular weight excluding hydrogens is 352 g/mol. The molecule has 0 bridgehead atoms. The van der Waals surface area contributed by atoms with Crippen LogP contribution in [-0.2, 0) is 9.59 Å². The van der Waals surface area contributed by atoms with Gasteiger partial charge in [-0.15, -0.1) is 0 Å². The minimum Gasteiger partial charge on any atom is -0.483 e. The van der Waals surface area contributed by atoms with E-state index in [2.05, 4.69) is 10.6 Å². The topological polar surface area (TPSA) is 67.4 Å². The predicted molar refractivity (Wildman–Crippen MR) is 105 cm³/mol. The molecule has 0 atom stereocenters. The van der Waals surface area contributed by atoms with Gasteiger partial charge in [0.1, 0.15) is 5.75 Å². The van der Waals surface area contributed by atoms with E-state index in [1.54, 1.807) is 18.2 Å². The van der Waals surface area contributed by atoms with Crippen molar-refractivity contribution in [2.24, 2.45) is 0 Å². The Bertz CT molecular complexity index is 806. The van der Waals surface area contributed by atoms with Gasteiger partial charge < -0.3 is 15.4 Å². The molecule has 0 unspecified atom stereocenters. The summed E-state index contributed by atoms with van der Waals surface area (Å²) >= 11 is 6.13. The number of anilines is 2. The van der Waals surface area contributed by atoms with E-state index in [4.69, 9.17) is 16.3 Å². The molecule has 5 nitrogen and oxygen atoms in total. The summed E-state index contributed by atoms with van der Waals surface area (Å²) < 4.78 is 5.59. The van der Waals surface area contributed by atoms with Crippen LogP contribution in [0.3, 0.4) is 0 Å². The molecule has 0 aromatic heterocycles. The first-order valence-electron chi connectivity index (χ1n) is 8.48. The zero-order valence-electron chi connectivity index (χ0n) is 15.2. The Morgan fingerprint density at radius 1 is 1.04 bits per heavy atom. The summed E-state index contributed by atoms with van der Waals surface area (Å²) in [5, 5.41) is 5.88. The molecule has 2 aromatic carbocycles. The van der Waals surface area contributed by atoms with Crippen LogP contribution in [0.4, 0.5) is 11.4 Å². The maximum Gasteiger partial charge on any atom is 0.262 e. The number of hydrogen-bond donors (Lipinski definition) is 2. The number of nitrogens with one attached hydrogen (secondary N) is 2. The standard InChI is InChI=1S/C20H23ClN2O3/c1-4-5-19(24)22-15-8-9-16(21)17(11-15)23-20(25)12-26-18-10-13(2)6-7-14(18)3/h6-11H,4-5,12H2,1-3H3,(H,22,24)(H,23,25). The van der Waals surface area contributed by atoms with Gasteiger partial charge in [0, 0.05) is 12.1 Å². The molecule has 2 aromatic rings. The Balaban J connectivity index is 1.99. The molecule has 0 aliphatic heterocycles. The third-order valence-corrected chi connectivity index (χ3v) is 4.03. The summed E-state index contributed by atoms with van der Waals surface area (Å²) in [6.07, 6.45) is 1.20. The van der Waals surface area contributed by atoms with E-state index >= 15 is 0 Å². The van der Waals surface area contributed by atoms with Gasteiger partial charge in [-0.05, 0) is 55.7 Å². The van der Waals surface area contributed by atoms with E-state index in [0.29, 0.717) is 28.6 Å². The minimum atomic E-state index is -0.329. The van der Waals surface area contributed by atoms with E-state index in [0.717, 1.165) is 17.5 Å². The summed E-state index contributed by atoms with van der Waals surface area (Å²) in [7, 11) is 0. The first-order chi connectivity index (χ1) is 12.4. The summed E-state index contributed by atoms with van der Waals surface area (Å²) in [6, 6.07) is 10.8. The van der Waals surface area contributed by atoms with Crippen LogP contribution in [0.2, 0.25) is 5.02 Å². The van der Waals surface area contributed by atoms with Crippen molar-refractivity contribution in [2.45, 2.75) is 33.6 Å². The van der Waals surface area contributed by atoms with Crippen LogP contribution in [0.5, 0.6) is 5.75 Å². The zero-order valence-corrected chi connectivity index (χ0v) is 15.9. The molecule has 0 spiro atoms. The van der Waals surface area contributed by atoms with Crippen molar-refractivity contribution in [1.29, 1.82) is 0 Å². The fraction of sp³-hybridized carbons (Fsp3) is 0.300. The summed E-state index contributed by atoms with van der Waals surface area (Å²) in [5.41, 5.74) is 3.03. The smallest absolute Gasteiger partial charge is 0.262 e. The lowest BCUT2D eigenvalue weighted by Gasteiger charge is -2.12. The Morgan fingerprint density at radius 3 is 2.54 bits per heavy atom. The molecule has 0 saturated carbocycles. The highest BCUT2D eigenvalue weighted by atomic mass is 35.5. The van der Waals surface area contributed by atoms with Gasteiger partial charge in [-0.3, -0.25) is 9.59 Å². The van der Waals surface area contributed by atoms with Crippen molar-refractivity contribution in [1.82, 2.24) is 0 Å². The maximum atomic E-state index is 12.2. The zero-order chi connectivity index (χ0) is 19.1. The van der Waals surface area contributed by atoms with Gasteiger partial charge in [-0.1, -0.05) is 30.7 Å². The second kappa shape index (κ2) is 9.25. The second-order valence-corrected chi connectivity index (χ2v) is 6.51. The molecular formula is C20H23ClN2O3. The van der Waals surface area contributed by atoms with Crippen LogP contribution < -0.4 is 15.4 Å². The molecule has 26 heavy (non-hydrogen) atoms. The normalized spacial score (nSPS) is 10.3. The maximum absolute atomic E-state index is 12.2. The number of benzene rings is 2. The lowest BCUT2D eigenvalue weighted by molar-refractivity contribution is -0.118. The summed E-state index contributed by atoms with van der Waals surface area (Å²) in [5.74, 6) is 0.266. The number of amides is 2. The van der Waals surface area contributed by atoms with Crippen LogP contribution in [0.25, 0.3) is 0 Å². The van der Waals surface area contributed by atoms with Gasteiger partial charge in [-0.25, -0.2) is 0 Å². The van der Waals surface area contributed by atoms with Crippen molar-refractivity contribution in [3.63, 3.8) is 0 Å². The average molecular weight is 375 g/mol. The van der Waals surface area contributed by atoms with E-state index in [1.807, 2.05) is 39.0 Å². The van der Waals surface area contributed by atoms with Gasteiger partial charge in [0.05, 0.1) is 10.7 Å². The van der Waals surface area contributed by atoms with Gasteiger partial charge in [0.15, 0.2) is 6.61 Å². The second-order valence-electron chi connectivity index (χ2n) is 6.10. The molecule has 6 heteroatoms. The predicted octanol–water partition coefficient (Wildman–Crippen LogP) is 4.71. The quantitative estimate of drug-likeness (QED) is 0.737. The highest BCUT2D eigenvalue weighted by Crippen LogP contribution is 2.26. The van der Waals surface area contributed by atoms with Crippen LogP contribution in [0, 0.1) is 13.8 Å². The fourth-order valence-corrected chi connectivity index (χ4v) is 2.51. The third kappa shape index (κ3) is 5.77.